The first-order valence-electron chi connectivity index (χ1n) is 10.3. The van der Waals surface area contributed by atoms with Crippen molar-refractivity contribution < 1.29 is 10.3 Å². The van der Waals surface area contributed by atoms with E-state index in [9.17, 15) is 4.79 Å². The molecule has 2 aromatic rings. The van der Waals surface area contributed by atoms with Gasteiger partial charge in [-0.15, -0.1) is 36.2 Å². The Morgan fingerprint density at radius 1 is 1.19 bits per heavy atom. The fourth-order valence-electron chi connectivity index (χ4n) is 3.46. The molecule has 1 aliphatic heterocycles. The maximum atomic E-state index is 13.0. The van der Waals surface area contributed by atoms with E-state index in [1.807, 2.05) is 29.2 Å². The minimum absolute atomic E-state index is 0. The highest BCUT2D eigenvalue weighted by atomic mass is 35.5. The van der Waals surface area contributed by atoms with E-state index in [1.165, 1.54) is 4.88 Å². The van der Waals surface area contributed by atoms with Gasteiger partial charge in [0.15, 0.2) is 0 Å². The summed E-state index contributed by atoms with van der Waals surface area (Å²) >= 11 is 8.14. The molecule has 0 aliphatic carbocycles. The molecule has 6 nitrogen and oxygen atoms in total. The van der Waals surface area contributed by atoms with E-state index in [0.29, 0.717) is 24.7 Å². The van der Waals surface area contributed by atoms with Crippen LogP contribution in [-0.4, -0.2) is 61.4 Å². The lowest BCUT2D eigenvalue weighted by Gasteiger charge is -2.23. The molecule has 0 saturated heterocycles. The first kappa shape index (κ1) is 30.7. The molecule has 2 heterocycles. The van der Waals surface area contributed by atoms with Gasteiger partial charge in [-0.3, -0.25) is 9.89 Å². The molecule has 3 N–H and O–H groups in total. The van der Waals surface area contributed by atoms with Gasteiger partial charge in [-0.05, 0) is 31.6 Å². The number of thiophene rings is 1. The summed E-state index contributed by atoms with van der Waals surface area (Å²) in [5.74, 6) is 0. The molecule has 0 spiro atoms. The van der Waals surface area contributed by atoms with Gasteiger partial charge in [-0.1, -0.05) is 50.6 Å². The number of amides is 2. The Morgan fingerprint density at radius 2 is 1.88 bits per heavy atom. The highest BCUT2D eigenvalue weighted by molar-refractivity contribution is 7.16. The van der Waals surface area contributed by atoms with Crippen LogP contribution in [0.25, 0.3) is 0 Å². The van der Waals surface area contributed by atoms with Crippen molar-refractivity contribution in [2.75, 3.05) is 44.2 Å². The molecule has 10 heteroatoms. The molecule has 1 aromatic heterocycles. The second-order valence-electron chi connectivity index (χ2n) is 6.91. The lowest BCUT2D eigenvalue weighted by molar-refractivity contribution is 0.242. The third kappa shape index (κ3) is 7.07. The van der Waals surface area contributed by atoms with Gasteiger partial charge < -0.3 is 15.7 Å². The molecule has 0 unspecified atom stereocenters. The maximum Gasteiger partial charge on any atom is 0.322 e. The zero-order valence-corrected chi connectivity index (χ0v) is 21.9. The Labute approximate surface area is 212 Å². The van der Waals surface area contributed by atoms with Gasteiger partial charge in [0, 0.05) is 40.7 Å². The summed E-state index contributed by atoms with van der Waals surface area (Å²) in [7, 11) is 0. The third-order valence-corrected chi connectivity index (χ3v) is 6.81. The summed E-state index contributed by atoms with van der Waals surface area (Å²) in [6.07, 6.45) is 0.922. The smallest absolute Gasteiger partial charge is 0.322 e. The van der Waals surface area contributed by atoms with Crippen molar-refractivity contribution in [2.24, 2.45) is 4.99 Å². The van der Waals surface area contributed by atoms with Crippen LogP contribution in [0.1, 0.15) is 36.8 Å². The van der Waals surface area contributed by atoms with Crippen LogP contribution in [0.4, 0.5) is 9.80 Å². The van der Waals surface area contributed by atoms with E-state index in [-0.39, 0.29) is 36.3 Å². The number of likely N-dealkylation sites (N-methyl/N-ethyl adjacent to an activating group) is 1. The van der Waals surface area contributed by atoms with Crippen LogP contribution >= 0.6 is 47.8 Å². The molecular formula is C22H33Cl3N4O2S. The zero-order valence-electron chi connectivity index (χ0n) is 18.7. The van der Waals surface area contributed by atoms with Gasteiger partial charge in [-0.2, -0.15) is 0 Å². The number of carbonyl (C=O) groups is 1. The summed E-state index contributed by atoms with van der Waals surface area (Å²) in [6, 6.07) is 9.87. The number of nitrogens with zero attached hydrogens (tertiary/aromatic N) is 3. The normalized spacial score (nSPS) is 12.5. The molecule has 0 radical (unpaired) electrons. The van der Waals surface area contributed by atoms with Crippen molar-refractivity contribution in [2.45, 2.75) is 27.2 Å². The molecular weight excluding hydrogens is 491 g/mol. The van der Waals surface area contributed by atoms with Crippen LogP contribution in [0, 0.1) is 0 Å². The highest BCUT2D eigenvalue weighted by Gasteiger charge is 2.27. The van der Waals surface area contributed by atoms with Gasteiger partial charge in [0.25, 0.3) is 0 Å². The average molecular weight is 524 g/mol. The molecule has 180 valence electrons. The fourth-order valence-corrected chi connectivity index (χ4v) is 4.80. The van der Waals surface area contributed by atoms with Gasteiger partial charge in [0.05, 0.1) is 12.3 Å². The number of urea groups is 1. The van der Waals surface area contributed by atoms with Crippen LogP contribution in [0.5, 0.6) is 0 Å². The number of aliphatic imine (C=N–C) groups is 1. The Morgan fingerprint density at radius 3 is 2.50 bits per heavy atom. The monoisotopic (exact) mass is 522 g/mol. The molecule has 1 aliphatic rings. The number of hydrogen-bond acceptors (Lipinski definition) is 4. The minimum Gasteiger partial charge on any atom is -0.412 e. The van der Waals surface area contributed by atoms with Crippen molar-refractivity contribution in [3.8, 4) is 0 Å². The molecule has 0 saturated carbocycles. The lowest BCUT2D eigenvalue weighted by Crippen LogP contribution is -2.44. The Balaban J connectivity index is 0.00000320. The van der Waals surface area contributed by atoms with Crippen LogP contribution in [-0.2, 0) is 6.42 Å². The standard InChI is InChI=1S/C22H29ClN4OS.2ClH.H2O/c1-4-16-15-18-20(17-9-7-8-10-19(17)23)24-12-14-27(21(18)29-16)22(28)25-11-13-26(5-2)6-3;;;/h7-10,15H,4-6,11-14H2,1-3H3,(H,25,28);2*1H;1H2. The van der Waals surface area contributed by atoms with Crippen molar-refractivity contribution in [3.05, 3.63) is 51.4 Å². The number of benzene rings is 1. The quantitative estimate of drug-likeness (QED) is 0.571. The second kappa shape index (κ2) is 14.7. The van der Waals surface area contributed by atoms with Crippen molar-refractivity contribution in [1.82, 2.24) is 10.2 Å². The number of halogens is 3. The zero-order chi connectivity index (χ0) is 20.8. The summed E-state index contributed by atoms with van der Waals surface area (Å²) in [5.41, 5.74) is 2.79. The Kier molecular flexibility index (Phi) is 14.1. The summed E-state index contributed by atoms with van der Waals surface area (Å²) in [6.45, 7) is 11.0. The lowest BCUT2D eigenvalue weighted by atomic mass is 10.0. The van der Waals surface area contributed by atoms with Gasteiger partial charge >= 0.3 is 6.03 Å². The first-order chi connectivity index (χ1) is 14.1. The van der Waals surface area contributed by atoms with Crippen molar-refractivity contribution in [1.29, 1.82) is 0 Å². The molecule has 2 amide bonds. The number of carbonyl (C=O) groups excluding carboxylic acids is 1. The second-order valence-corrected chi connectivity index (χ2v) is 8.43. The van der Waals surface area contributed by atoms with Crippen LogP contribution in [0.15, 0.2) is 35.3 Å². The topological polar surface area (TPSA) is 79.4 Å². The highest BCUT2D eigenvalue weighted by Crippen LogP contribution is 2.36. The molecule has 0 bridgehead atoms. The molecule has 3 rings (SSSR count). The number of aryl methyl sites for hydroxylation is 1. The molecule has 1 aromatic carbocycles. The van der Waals surface area contributed by atoms with E-state index < -0.39 is 0 Å². The molecule has 32 heavy (non-hydrogen) atoms. The number of anilines is 1. The summed E-state index contributed by atoms with van der Waals surface area (Å²) in [5, 5.41) is 4.72. The van der Waals surface area contributed by atoms with Crippen LogP contribution in [0.3, 0.4) is 0 Å². The van der Waals surface area contributed by atoms with E-state index in [0.717, 1.165) is 47.9 Å². The Hall–Kier alpha value is -1.35. The van der Waals surface area contributed by atoms with E-state index >= 15 is 0 Å². The van der Waals surface area contributed by atoms with Crippen LogP contribution in [0.2, 0.25) is 5.02 Å². The largest absolute Gasteiger partial charge is 0.412 e. The van der Waals surface area contributed by atoms with E-state index in [1.54, 1.807) is 11.3 Å². The number of nitrogens with one attached hydrogen (secondary N) is 1. The predicted molar refractivity (Wildman–Crippen MR) is 142 cm³/mol. The average Bonchev–Trinajstić information content (AvgIpc) is 3.08. The van der Waals surface area contributed by atoms with E-state index in [2.05, 4.69) is 37.1 Å². The number of fused-ring (bicyclic) bond motifs is 1. The van der Waals surface area contributed by atoms with Crippen molar-refractivity contribution in [3.63, 3.8) is 0 Å². The fraction of sp³-hybridized carbons (Fsp3) is 0.455. The number of hydrogen-bond donors (Lipinski definition) is 1. The molecule has 0 atom stereocenters. The maximum absolute atomic E-state index is 13.0. The van der Waals surface area contributed by atoms with E-state index in [4.69, 9.17) is 16.6 Å². The Bertz CT molecular complexity index is 888. The third-order valence-electron chi connectivity index (χ3n) is 5.18. The SMILES string of the molecule is CCc1cc2c(s1)N(C(=O)NCCN(CC)CC)CCN=C2c1ccccc1Cl.Cl.Cl.O. The van der Waals surface area contributed by atoms with Gasteiger partial charge in [0.2, 0.25) is 0 Å². The summed E-state index contributed by atoms with van der Waals surface area (Å²) in [4.78, 5) is 23.2. The first-order valence-corrected chi connectivity index (χ1v) is 11.5. The van der Waals surface area contributed by atoms with Gasteiger partial charge in [-0.25, -0.2) is 4.79 Å². The van der Waals surface area contributed by atoms with Gasteiger partial charge in [0.1, 0.15) is 5.00 Å². The molecule has 0 fully saturated rings. The minimum atomic E-state index is -0.0569. The number of rotatable bonds is 7. The summed E-state index contributed by atoms with van der Waals surface area (Å²) < 4.78 is 0. The van der Waals surface area contributed by atoms with Crippen LogP contribution < -0.4 is 10.2 Å². The predicted octanol–water partition coefficient (Wildman–Crippen LogP) is 4.69. The van der Waals surface area contributed by atoms with Crippen molar-refractivity contribution >= 4 is 64.5 Å².